The van der Waals surface area contributed by atoms with Gasteiger partial charge in [0.15, 0.2) is 0 Å². The largest absolute Gasteiger partial charge is 0.0836 e. The number of halogens is 3. The van der Waals surface area contributed by atoms with Gasteiger partial charge in [-0.3, -0.25) is 0 Å². The van der Waals surface area contributed by atoms with Crippen molar-refractivity contribution >= 4 is 45.2 Å². The molecular weight excluding hydrogens is 247 g/mol. The van der Waals surface area contributed by atoms with Gasteiger partial charge in [-0.25, -0.2) is 0 Å². The molecule has 0 amide bonds. The van der Waals surface area contributed by atoms with E-state index in [1.165, 1.54) is 0 Å². The first-order valence-corrected chi connectivity index (χ1v) is 4.63. The Hall–Kier alpha value is 0.0200. The SMILES string of the molecule is Clc1cccc(Cl)c1C=CBr. The molecule has 11 heavy (non-hydrogen) atoms. The molecule has 0 saturated carbocycles. The molecule has 0 N–H and O–H groups in total. The van der Waals surface area contributed by atoms with Crippen LogP contribution in [-0.2, 0) is 0 Å². The summed E-state index contributed by atoms with van der Waals surface area (Å²) < 4.78 is 0. The average Bonchev–Trinajstić information content (AvgIpc) is 1.97. The Morgan fingerprint density at radius 2 is 1.73 bits per heavy atom. The normalized spacial score (nSPS) is 10.8. The van der Waals surface area contributed by atoms with Gasteiger partial charge in [0.25, 0.3) is 0 Å². The third kappa shape index (κ3) is 2.22. The van der Waals surface area contributed by atoms with Crippen LogP contribution >= 0.6 is 39.1 Å². The van der Waals surface area contributed by atoms with Crippen molar-refractivity contribution in [1.29, 1.82) is 0 Å². The molecule has 0 radical (unpaired) electrons. The van der Waals surface area contributed by atoms with Crippen LogP contribution in [0, 0.1) is 0 Å². The molecule has 1 aromatic rings. The fourth-order valence-electron chi connectivity index (χ4n) is 0.733. The minimum atomic E-state index is 0.660. The van der Waals surface area contributed by atoms with E-state index < -0.39 is 0 Å². The Morgan fingerprint density at radius 3 is 2.18 bits per heavy atom. The van der Waals surface area contributed by atoms with Crippen LogP contribution in [0.1, 0.15) is 5.56 Å². The predicted octanol–water partition coefficient (Wildman–Crippen LogP) is 4.36. The lowest BCUT2D eigenvalue weighted by Crippen LogP contribution is -1.75. The predicted molar refractivity (Wildman–Crippen MR) is 54.4 cm³/mol. The van der Waals surface area contributed by atoms with Crippen LogP contribution in [-0.4, -0.2) is 0 Å². The van der Waals surface area contributed by atoms with E-state index in [-0.39, 0.29) is 0 Å². The van der Waals surface area contributed by atoms with Gasteiger partial charge in [0, 0.05) is 15.6 Å². The van der Waals surface area contributed by atoms with E-state index in [2.05, 4.69) is 15.9 Å². The topological polar surface area (TPSA) is 0 Å². The summed E-state index contributed by atoms with van der Waals surface area (Å²) in [5.74, 6) is 0. The van der Waals surface area contributed by atoms with Crippen LogP contribution < -0.4 is 0 Å². The lowest BCUT2D eigenvalue weighted by Gasteiger charge is -1.98. The molecule has 0 aliphatic heterocycles. The molecule has 0 saturated heterocycles. The summed E-state index contributed by atoms with van der Waals surface area (Å²) in [5, 5.41) is 1.32. The third-order valence-corrected chi connectivity index (χ3v) is 2.15. The summed E-state index contributed by atoms with van der Waals surface area (Å²) >= 11 is 14.9. The maximum atomic E-state index is 5.85. The van der Waals surface area contributed by atoms with E-state index in [0.717, 1.165) is 5.56 Å². The summed E-state index contributed by atoms with van der Waals surface area (Å²) in [7, 11) is 0. The Labute approximate surface area is 83.9 Å². The minimum Gasteiger partial charge on any atom is -0.0836 e. The fraction of sp³-hybridized carbons (Fsp3) is 0. The zero-order valence-electron chi connectivity index (χ0n) is 5.52. The quantitative estimate of drug-likeness (QED) is 0.696. The highest BCUT2D eigenvalue weighted by Gasteiger charge is 1.99. The maximum Gasteiger partial charge on any atom is 0.0493 e. The second kappa shape index (κ2) is 4.15. The Morgan fingerprint density at radius 1 is 1.18 bits per heavy atom. The van der Waals surface area contributed by atoms with Crippen LogP contribution in [0.5, 0.6) is 0 Å². The van der Waals surface area contributed by atoms with Crippen molar-refractivity contribution in [2.75, 3.05) is 0 Å². The van der Waals surface area contributed by atoms with Crippen molar-refractivity contribution < 1.29 is 0 Å². The molecule has 0 heterocycles. The zero-order chi connectivity index (χ0) is 8.27. The van der Waals surface area contributed by atoms with Crippen molar-refractivity contribution in [3.8, 4) is 0 Å². The van der Waals surface area contributed by atoms with Crippen LogP contribution in [0.25, 0.3) is 6.08 Å². The molecule has 1 rings (SSSR count). The van der Waals surface area contributed by atoms with Crippen molar-refractivity contribution in [1.82, 2.24) is 0 Å². The van der Waals surface area contributed by atoms with E-state index in [1.54, 1.807) is 17.1 Å². The van der Waals surface area contributed by atoms with Gasteiger partial charge in [-0.05, 0) is 23.2 Å². The molecule has 0 aromatic heterocycles. The second-order valence-electron chi connectivity index (χ2n) is 1.93. The molecule has 0 fully saturated rings. The summed E-state index contributed by atoms with van der Waals surface area (Å²) in [5.41, 5.74) is 0.840. The van der Waals surface area contributed by atoms with E-state index >= 15 is 0 Å². The maximum absolute atomic E-state index is 5.85. The van der Waals surface area contributed by atoms with Crippen molar-refractivity contribution in [2.24, 2.45) is 0 Å². The first-order chi connectivity index (χ1) is 5.25. The molecule has 0 aliphatic carbocycles. The average molecular weight is 252 g/mol. The first-order valence-electron chi connectivity index (χ1n) is 2.96. The van der Waals surface area contributed by atoms with Gasteiger partial charge >= 0.3 is 0 Å². The smallest absolute Gasteiger partial charge is 0.0493 e. The van der Waals surface area contributed by atoms with Crippen molar-refractivity contribution in [2.45, 2.75) is 0 Å². The minimum absolute atomic E-state index is 0.660. The van der Waals surface area contributed by atoms with Crippen LogP contribution in [0.3, 0.4) is 0 Å². The number of rotatable bonds is 1. The molecular formula is C8H5BrCl2. The van der Waals surface area contributed by atoms with Crippen LogP contribution in [0.2, 0.25) is 10.0 Å². The Balaban J connectivity index is 3.20. The zero-order valence-corrected chi connectivity index (χ0v) is 8.62. The molecule has 0 bridgehead atoms. The van der Waals surface area contributed by atoms with E-state index in [4.69, 9.17) is 23.2 Å². The van der Waals surface area contributed by atoms with Gasteiger partial charge in [-0.15, -0.1) is 0 Å². The molecule has 0 atom stereocenters. The van der Waals surface area contributed by atoms with Gasteiger partial charge in [0.1, 0.15) is 0 Å². The summed E-state index contributed by atoms with van der Waals surface area (Å²) in [6.07, 6.45) is 1.81. The molecule has 58 valence electrons. The summed E-state index contributed by atoms with van der Waals surface area (Å²) in [6.45, 7) is 0. The van der Waals surface area contributed by atoms with Gasteiger partial charge in [0.2, 0.25) is 0 Å². The molecule has 1 aromatic carbocycles. The third-order valence-electron chi connectivity index (χ3n) is 1.23. The van der Waals surface area contributed by atoms with Crippen LogP contribution in [0.4, 0.5) is 0 Å². The van der Waals surface area contributed by atoms with E-state index in [9.17, 15) is 0 Å². The summed E-state index contributed by atoms with van der Waals surface area (Å²) in [6, 6.07) is 5.42. The van der Waals surface area contributed by atoms with Crippen molar-refractivity contribution in [3.63, 3.8) is 0 Å². The first kappa shape index (κ1) is 9.11. The monoisotopic (exact) mass is 250 g/mol. The lowest BCUT2D eigenvalue weighted by atomic mass is 10.2. The highest BCUT2D eigenvalue weighted by Crippen LogP contribution is 2.25. The number of hydrogen-bond donors (Lipinski definition) is 0. The molecule has 0 unspecified atom stereocenters. The van der Waals surface area contributed by atoms with Gasteiger partial charge in [0.05, 0.1) is 0 Å². The number of hydrogen-bond acceptors (Lipinski definition) is 0. The molecule has 0 nitrogen and oxygen atoms in total. The molecule has 0 aliphatic rings. The Kier molecular flexibility index (Phi) is 3.44. The molecule has 3 heteroatoms. The van der Waals surface area contributed by atoms with E-state index in [1.807, 2.05) is 12.1 Å². The lowest BCUT2D eigenvalue weighted by molar-refractivity contribution is 1.66. The van der Waals surface area contributed by atoms with E-state index in [0.29, 0.717) is 10.0 Å². The summed E-state index contributed by atoms with van der Waals surface area (Å²) in [4.78, 5) is 1.72. The van der Waals surface area contributed by atoms with Gasteiger partial charge < -0.3 is 0 Å². The highest BCUT2D eigenvalue weighted by molar-refractivity contribution is 9.11. The van der Waals surface area contributed by atoms with Crippen LogP contribution in [0.15, 0.2) is 23.2 Å². The highest BCUT2D eigenvalue weighted by atomic mass is 79.9. The molecule has 0 spiro atoms. The van der Waals surface area contributed by atoms with Gasteiger partial charge in [-0.2, -0.15) is 0 Å². The number of benzene rings is 1. The van der Waals surface area contributed by atoms with Crippen molar-refractivity contribution in [3.05, 3.63) is 38.8 Å². The standard InChI is InChI=1S/C8H5BrCl2/c9-5-4-6-7(10)2-1-3-8(6)11/h1-5H. The fourth-order valence-corrected chi connectivity index (χ4v) is 1.52. The second-order valence-corrected chi connectivity index (χ2v) is 3.27. The Bertz CT molecular complexity index is 261. The van der Waals surface area contributed by atoms with Gasteiger partial charge in [-0.1, -0.05) is 45.2 Å².